The Hall–Kier alpha value is -8.96. The molecule has 0 saturated heterocycles. The van der Waals surface area contributed by atoms with Crippen LogP contribution in [0.2, 0.25) is 0 Å². The van der Waals surface area contributed by atoms with Crippen LogP contribution < -0.4 is 4.90 Å². The molecule has 0 radical (unpaired) electrons. The first kappa shape index (κ1) is 41.1. The van der Waals surface area contributed by atoms with E-state index in [9.17, 15) is 0 Å². The Morgan fingerprint density at radius 3 is 1.45 bits per heavy atom. The van der Waals surface area contributed by atoms with Crippen LogP contribution in [0.3, 0.4) is 0 Å². The van der Waals surface area contributed by atoms with Crippen molar-refractivity contribution in [3.8, 4) is 39.1 Å². The number of aromatic nitrogens is 2. The molecule has 13 aromatic rings. The first-order valence-corrected chi connectivity index (χ1v) is 25.1. The molecule has 4 heterocycles. The average Bonchev–Trinajstić information content (AvgIpc) is 4.10. The number of fused-ring (bicyclic) bond motifs is 10. The number of hydrogen-bond donors (Lipinski definition) is 0. The van der Waals surface area contributed by atoms with Crippen LogP contribution in [0.15, 0.2) is 255 Å². The standard InChI is InChI=1S/C67H45N3S/c1-44-39-52(69-62-25-7-2-20-54(62)55-21-3-8-26-63(55)69)19-14-38-68(61-36-35-53(43-59(44)61)70-64-27-9-4-22-56(64)57-23-5-10-28-65(57)70)51-33-30-45(31-34-51)46-15-12-16-47(40-46)48-17-13-18-49(41-48)50-32-37-67-60(42-50)58-24-6-11-29-66(58)71-67/h2-37,39-43H,1,38H2/b19-14-,52-39+. The minimum absolute atomic E-state index is 0.657. The highest BCUT2D eigenvalue weighted by atomic mass is 32.1. The lowest BCUT2D eigenvalue weighted by molar-refractivity contribution is 1.09. The molecule has 1 aliphatic rings. The van der Waals surface area contributed by atoms with Gasteiger partial charge in [0.1, 0.15) is 0 Å². The SMILES string of the molecule is C=C1/C=C(n2c3ccccc3c3ccccc32)\C=C/CN(c2ccc(-c3cccc(-c4cccc(-c5ccc6sc7ccccc7c6c5)c4)c3)cc2)c2ccc(-n3c4ccccc4c4ccccc43)cc21. The molecule has 4 heteroatoms. The van der Waals surface area contributed by atoms with Crippen molar-refractivity contribution in [3.63, 3.8) is 0 Å². The van der Waals surface area contributed by atoms with E-state index in [2.05, 4.69) is 263 Å². The van der Waals surface area contributed by atoms with E-state index in [0.717, 1.165) is 33.9 Å². The molecule has 3 aromatic heterocycles. The smallest absolute Gasteiger partial charge is 0.0541 e. The van der Waals surface area contributed by atoms with Crippen LogP contribution in [0.5, 0.6) is 0 Å². The van der Waals surface area contributed by atoms with Gasteiger partial charge in [-0.1, -0.05) is 158 Å². The van der Waals surface area contributed by atoms with Gasteiger partial charge in [-0.15, -0.1) is 11.3 Å². The summed E-state index contributed by atoms with van der Waals surface area (Å²) in [6.07, 6.45) is 6.84. The van der Waals surface area contributed by atoms with Gasteiger partial charge in [0.05, 0.1) is 22.1 Å². The van der Waals surface area contributed by atoms with Gasteiger partial charge in [-0.05, 0) is 136 Å². The fourth-order valence-electron chi connectivity index (χ4n) is 11.1. The summed E-state index contributed by atoms with van der Waals surface area (Å²) in [7, 11) is 0. The number of nitrogens with zero attached hydrogens (tertiary/aromatic N) is 3. The summed E-state index contributed by atoms with van der Waals surface area (Å²) in [4.78, 5) is 2.43. The Bertz CT molecular complexity index is 4240. The lowest BCUT2D eigenvalue weighted by atomic mass is 9.95. The number of anilines is 2. The van der Waals surface area contributed by atoms with E-state index in [-0.39, 0.29) is 0 Å². The van der Waals surface area contributed by atoms with Crippen molar-refractivity contribution >= 4 is 97.8 Å². The molecule has 0 amide bonds. The molecule has 3 nitrogen and oxygen atoms in total. The van der Waals surface area contributed by atoms with Crippen LogP contribution in [-0.2, 0) is 0 Å². The monoisotopic (exact) mass is 923 g/mol. The molecule has 0 fully saturated rings. The maximum absolute atomic E-state index is 4.87. The van der Waals surface area contributed by atoms with Crippen molar-refractivity contribution in [2.75, 3.05) is 11.4 Å². The normalized spacial score (nSPS) is 14.2. The molecule has 0 atom stereocenters. The van der Waals surface area contributed by atoms with E-state index < -0.39 is 0 Å². The number of allylic oxidation sites excluding steroid dienone is 4. The van der Waals surface area contributed by atoms with Crippen molar-refractivity contribution in [2.45, 2.75) is 0 Å². The molecule has 0 bridgehead atoms. The molecule has 0 saturated carbocycles. The topological polar surface area (TPSA) is 13.1 Å². The predicted octanol–water partition coefficient (Wildman–Crippen LogP) is 18.5. The van der Waals surface area contributed by atoms with Gasteiger partial charge in [0, 0.05) is 76.6 Å². The molecule has 0 N–H and O–H groups in total. The Morgan fingerprint density at radius 1 is 0.366 bits per heavy atom. The zero-order valence-electron chi connectivity index (χ0n) is 38.8. The van der Waals surface area contributed by atoms with Gasteiger partial charge in [0.15, 0.2) is 0 Å². The molecule has 10 aromatic carbocycles. The molecule has 0 unspecified atom stereocenters. The van der Waals surface area contributed by atoms with Crippen LogP contribution in [0.25, 0.3) is 114 Å². The van der Waals surface area contributed by atoms with E-state index in [1.165, 1.54) is 97.2 Å². The van der Waals surface area contributed by atoms with Crippen LogP contribution in [0.4, 0.5) is 11.4 Å². The van der Waals surface area contributed by atoms with Gasteiger partial charge < -0.3 is 14.0 Å². The van der Waals surface area contributed by atoms with Crippen molar-refractivity contribution in [1.29, 1.82) is 0 Å². The first-order chi connectivity index (χ1) is 35.1. The number of thiophene rings is 1. The second-order valence-corrected chi connectivity index (χ2v) is 19.6. The van der Waals surface area contributed by atoms with Crippen LogP contribution >= 0.6 is 11.3 Å². The lowest BCUT2D eigenvalue weighted by Gasteiger charge is -2.27. The number of benzene rings is 10. The average molecular weight is 924 g/mol. The Morgan fingerprint density at radius 2 is 0.845 bits per heavy atom. The third-order valence-corrected chi connectivity index (χ3v) is 15.6. The summed E-state index contributed by atoms with van der Waals surface area (Å²) < 4.78 is 7.44. The third-order valence-electron chi connectivity index (χ3n) is 14.5. The summed E-state index contributed by atoms with van der Waals surface area (Å²) in [5.74, 6) is 0. The summed E-state index contributed by atoms with van der Waals surface area (Å²) >= 11 is 1.86. The predicted molar refractivity (Wildman–Crippen MR) is 305 cm³/mol. The van der Waals surface area contributed by atoms with Crippen LogP contribution in [-0.4, -0.2) is 15.7 Å². The molecule has 14 rings (SSSR count). The van der Waals surface area contributed by atoms with E-state index in [4.69, 9.17) is 6.58 Å². The zero-order chi connectivity index (χ0) is 47.0. The van der Waals surface area contributed by atoms with E-state index in [0.29, 0.717) is 6.54 Å². The molecule has 334 valence electrons. The number of rotatable bonds is 6. The number of hydrogen-bond acceptors (Lipinski definition) is 2. The van der Waals surface area contributed by atoms with E-state index >= 15 is 0 Å². The van der Waals surface area contributed by atoms with Crippen LogP contribution in [0, 0.1) is 0 Å². The summed E-state index contributed by atoms with van der Waals surface area (Å²) in [5.41, 5.74) is 18.3. The highest BCUT2D eigenvalue weighted by Crippen LogP contribution is 2.42. The van der Waals surface area contributed by atoms with Gasteiger partial charge in [-0.25, -0.2) is 0 Å². The molecular formula is C67H45N3S. The summed E-state index contributed by atoms with van der Waals surface area (Å²) in [6.45, 7) is 5.52. The zero-order valence-corrected chi connectivity index (χ0v) is 39.7. The highest BCUT2D eigenvalue weighted by Gasteiger charge is 2.21. The minimum Gasteiger partial charge on any atom is -0.337 e. The summed E-state index contributed by atoms with van der Waals surface area (Å²) in [6, 6.07) is 84.4. The molecule has 71 heavy (non-hydrogen) atoms. The Balaban J connectivity index is 0.849. The van der Waals surface area contributed by atoms with Gasteiger partial charge in [0.2, 0.25) is 0 Å². The van der Waals surface area contributed by atoms with E-state index in [1.54, 1.807) is 0 Å². The molecule has 1 aliphatic heterocycles. The van der Waals surface area contributed by atoms with Crippen molar-refractivity contribution in [3.05, 3.63) is 261 Å². The maximum Gasteiger partial charge on any atom is 0.0541 e. The molecule has 0 aliphatic carbocycles. The van der Waals surface area contributed by atoms with Gasteiger partial charge in [-0.2, -0.15) is 0 Å². The quantitative estimate of drug-likeness (QED) is 0.162. The lowest BCUT2D eigenvalue weighted by Crippen LogP contribution is -2.18. The molecular weight excluding hydrogens is 879 g/mol. The largest absolute Gasteiger partial charge is 0.337 e. The fourth-order valence-corrected chi connectivity index (χ4v) is 12.2. The maximum atomic E-state index is 4.87. The second kappa shape index (κ2) is 16.6. The van der Waals surface area contributed by atoms with Crippen molar-refractivity contribution < 1.29 is 0 Å². The second-order valence-electron chi connectivity index (χ2n) is 18.6. The van der Waals surface area contributed by atoms with Crippen molar-refractivity contribution in [2.24, 2.45) is 0 Å². The Labute approximate surface area is 416 Å². The Kier molecular flexibility index (Phi) is 9.61. The van der Waals surface area contributed by atoms with Crippen LogP contribution in [0.1, 0.15) is 5.56 Å². The van der Waals surface area contributed by atoms with Crippen molar-refractivity contribution in [1.82, 2.24) is 9.13 Å². The van der Waals surface area contributed by atoms with Gasteiger partial charge >= 0.3 is 0 Å². The molecule has 0 spiro atoms. The van der Waals surface area contributed by atoms with Gasteiger partial charge in [-0.3, -0.25) is 0 Å². The minimum atomic E-state index is 0.657. The highest BCUT2D eigenvalue weighted by molar-refractivity contribution is 7.25. The van der Waals surface area contributed by atoms with E-state index in [1.807, 2.05) is 11.3 Å². The fraction of sp³-hybridized carbons (Fsp3) is 0.0149. The number of para-hydroxylation sites is 4. The first-order valence-electron chi connectivity index (χ1n) is 24.3. The third kappa shape index (κ3) is 6.87. The summed E-state index contributed by atoms with van der Waals surface area (Å²) in [5, 5.41) is 7.59. The van der Waals surface area contributed by atoms with Gasteiger partial charge in [0.25, 0.3) is 0 Å².